The Morgan fingerprint density at radius 2 is 2.10 bits per heavy atom. The van der Waals surface area contributed by atoms with Gasteiger partial charge in [-0.2, -0.15) is 0 Å². The molecule has 0 saturated carbocycles. The first-order valence-corrected chi connectivity index (χ1v) is 6.35. The van der Waals surface area contributed by atoms with Gasteiger partial charge in [-0.3, -0.25) is 4.98 Å². The molecule has 0 saturated heterocycles. The number of aromatic nitrogens is 1. The fraction of sp³-hybridized carbons (Fsp3) is 0.462. The summed E-state index contributed by atoms with van der Waals surface area (Å²) in [5, 5.41) is 14.0. The summed E-state index contributed by atoms with van der Waals surface area (Å²) in [6, 6.07) is 0.981. The fourth-order valence-electron chi connectivity index (χ4n) is 1.55. The van der Waals surface area contributed by atoms with Crippen molar-refractivity contribution in [2.75, 3.05) is 25.6 Å². The molecule has 7 nitrogen and oxygen atoms in total. The number of amides is 2. The molecule has 0 radical (unpaired) electrons. The molecule has 0 aliphatic rings. The molecule has 2 amide bonds. The van der Waals surface area contributed by atoms with E-state index in [1.54, 1.807) is 7.11 Å². The highest BCUT2D eigenvalue weighted by Crippen LogP contribution is 2.08. The summed E-state index contributed by atoms with van der Waals surface area (Å²) < 4.78 is 4.92. The lowest BCUT2D eigenvalue weighted by Gasteiger charge is -2.07. The van der Waals surface area contributed by atoms with Crippen LogP contribution in [0.2, 0.25) is 0 Å². The van der Waals surface area contributed by atoms with Crippen LogP contribution < -0.4 is 10.6 Å². The number of methoxy groups -OCH3 is 1. The van der Waals surface area contributed by atoms with E-state index < -0.39 is 5.97 Å². The van der Waals surface area contributed by atoms with Gasteiger partial charge in [0, 0.05) is 26.5 Å². The number of rotatable bonds is 8. The van der Waals surface area contributed by atoms with Gasteiger partial charge < -0.3 is 20.5 Å². The predicted octanol–water partition coefficient (Wildman–Crippen LogP) is 1.72. The normalized spacial score (nSPS) is 10.1. The summed E-state index contributed by atoms with van der Waals surface area (Å²) in [4.78, 5) is 26.1. The molecule has 110 valence electrons. The summed E-state index contributed by atoms with van der Waals surface area (Å²) in [5.74, 6) is -1.08. The first-order valence-electron chi connectivity index (χ1n) is 6.35. The molecular formula is C13H19N3O4. The van der Waals surface area contributed by atoms with Crippen molar-refractivity contribution in [2.24, 2.45) is 0 Å². The molecule has 7 heteroatoms. The van der Waals surface area contributed by atoms with Crippen molar-refractivity contribution in [3.63, 3.8) is 0 Å². The van der Waals surface area contributed by atoms with Crippen LogP contribution in [0.4, 0.5) is 10.5 Å². The third-order valence-corrected chi connectivity index (χ3v) is 2.55. The van der Waals surface area contributed by atoms with E-state index in [0.29, 0.717) is 12.2 Å². The van der Waals surface area contributed by atoms with Gasteiger partial charge in [0.15, 0.2) is 0 Å². The van der Waals surface area contributed by atoms with Gasteiger partial charge in [0.1, 0.15) is 0 Å². The van der Waals surface area contributed by atoms with E-state index in [0.717, 1.165) is 25.9 Å². The molecule has 0 spiro atoms. The second-order valence-corrected chi connectivity index (χ2v) is 4.20. The lowest BCUT2D eigenvalue weighted by Crippen LogP contribution is -2.29. The Balaban J connectivity index is 2.28. The number of urea groups is 1. The van der Waals surface area contributed by atoms with Gasteiger partial charge in [0.25, 0.3) is 0 Å². The second-order valence-electron chi connectivity index (χ2n) is 4.20. The Labute approximate surface area is 117 Å². The van der Waals surface area contributed by atoms with Crippen molar-refractivity contribution in [3.8, 4) is 0 Å². The Bertz CT molecular complexity index is 451. The SMILES string of the molecule is COCCCCCNC(=O)Nc1cncc(C(=O)O)c1. The zero-order valence-corrected chi connectivity index (χ0v) is 11.4. The highest BCUT2D eigenvalue weighted by molar-refractivity contribution is 5.92. The third kappa shape index (κ3) is 6.14. The van der Waals surface area contributed by atoms with Gasteiger partial charge in [-0.1, -0.05) is 0 Å². The van der Waals surface area contributed by atoms with Crippen LogP contribution in [0.1, 0.15) is 29.6 Å². The Morgan fingerprint density at radius 1 is 1.30 bits per heavy atom. The van der Waals surface area contributed by atoms with Gasteiger partial charge in [0.05, 0.1) is 17.4 Å². The minimum absolute atomic E-state index is 0.0300. The molecule has 0 unspecified atom stereocenters. The number of nitrogens with one attached hydrogen (secondary N) is 2. The molecule has 3 N–H and O–H groups in total. The van der Waals surface area contributed by atoms with Crippen LogP contribution in [0.3, 0.4) is 0 Å². The van der Waals surface area contributed by atoms with Gasteiger partial charge in [-0.15, -0.1) is 0 Å². The average Bonchev–Trinajstić information content (AvgIpc) is 2.43. The number of carbonyl (C=O) groups is 2. The number of hydrogen-bond acceptors (Lipinski definition) is 4. The number of ether oxygens (including phenoxy) is 1. The predicted molar refractivity (Wildman–Crippen MR) is 73.9 cm³/mol. The molecular weight excluding hydrogens is 262 g/mol. The number of carboxylic acid groups (broad SMARTS) is 1. The van der Waals surface area contributed by atoms with Crippen molar-refractivity contribution in [3.05, 3.63) is 24.0 Å². The lowest BCUT2D eigenvalue weighted by atomic mass is 10.2. The highest BCUT2D eigenvalue weighted by Gasteiger charge is 2.06. The molecule has 20 heavy (non-hydrogen) atoms. The van der Waals surface area contributed by atoms with Crippen LogP contribution in [-0.2, 0) is 4.74 Å². The monoisotopic (exact) mass is 281 g/mol. The minimum Gasteiger partial charge on any atom is -0.478 e. The molecule has 0 fully saturated rings. The molecule has 0 aromatic carbocycles. The average molecular weight is 281 g/mol. The second kappa shape index (κ2) is 8.87. The third-order valence-electron chi connectivity index (χ3n) is 2.55. The molecule has 1 aromatic rings. The zero-order chi connectivity index (χ0) is 14.8. The number of aromatic carboxylic acids is 1. The van der Waals surface area contributed by atoms with Gasteiger partial charge in [0.2, 0.25) is 0 Å². The van der Waals surface area contributed by atoms with E-state index in [9.17, 15) is 9.59 Å². The van der Waals surface area contributed by atoms with E-state index in [2.05, 4.69) is 15.6 Å². The molecule has 0 bridgehead atoms. The number of hydrogen-bond donors (Lipinski definition) is 3. The van der Waals surface area contributed by atoms with Crippen molar-refractivity contribution in [1.82, 2.24) is 10.3 Å². The fourth-order valence-corrected chi connectivity index (χ4v) is 1.55. The standard InChI is InChI=1S/C13H19N3O4/c1-20-6-4-2-3-5-15-13(19)16-11-7-10(12(17)18)8-14-9-11/h7-9H,2-6H2,1H3,(H,17,18)(H2,15,16,19). The maximum atomic E-state index is 11.6. The van der Waals surface area contributed by atoms with Crippen molar-refractivity contribution in [2.45, 2.75) is 19.3 Å². The van der Waals surface area contributed by atoms with Crippen LogP contribution in [-0.4, -0.2) is 42.4 Å². The first kappa shape index (κ1) is 15.9. The van der Waals surface area contributed by atoms with Gasteiger partial charge in [-0.25, -0.2) is 9.59 Å². The number of anilines is 1. The Kier molecular flexibility index (Phi) is 7.05. The molecule has 0 aliphatic heterocycles. The summed E-state index contributed by atoms with van der Waals surface area (Å²) >= 11 is 0. The van der Waals surface area contributed by atoms with Crippen LogP contribution in [0.25, 0.3) is 0 Å². The number of carbonyl (C=O) groups excluding carboxylic acids is 1. The van der Waals surface area contributed by atoms with Crippen molar-refractivity contribution in [1.29, 1.82) is 0 Å². The van der Waals surface area contributed by atoms with E-state index >= 15 is 0 Å². The van der Waals surface area contributed by atoms with E-state index in [4.69, 9.17) is 9.84 Å². The summed E-state index contributed by atoms with van der Waals surface area (Å²) in [6.45, 7) is 1.28. The molecule has 1 heterocycles. The van der Waals surface area contributed by atoms with Crippen LogP contribution >= 0.6 is 0 Å². The first-order chi connectivity index (χ1) is 9.63. The quantitative estimate of drug-likeness (QED) is 0.630. The van der Waals surface area contributed by atoms with Crippen molar-refractivity contribution < 1.29 is 19.4 Å². The minimum atomic E-state index is -1.08. The van der Waals surface area contributed by atoms with Crippen molar-refractivity contribution >= 4 is 17.7 Å². The maximum Gasteiger partial charge on any atom is 0.337 e. The van der Waals surface area contributed by atoms with E-state index in [-0.39, 0.29) is 11.6 Å². The summed E-state index contributed by atoms with van der Waals surface area (Å²) in [5.41, 5.74) is 0.379. The molecule has 1 rings (SSSR count). The summed E-state index contributed by atoms with van der Waals surface area (Å²) in [6.07, 6.45) is 5.42. The highest BCUT2D eigenvalue weighted by atomic mass is 16.5. The maximum absolute atomic E-state index is 11.6. The number of unbranched alkanes of at least 4 members (excludes halogenated alkanes) is 2. The summed E-state index contributed by atoms with van der Waals surface area (Å²) in [7, 11) is 1.66. The van der Waals surface area contributed by atoms with Crippen LogP contribution in [0.5, 0.6) is 0 Å². The van der Waals surface area contributed by atoms with Gasteiger partial charge in [-0.05, 0) is 25.3 Å². The molecule has 1 aromatic heterocycles. The lowest BCUT2D eigenvalue weighted by molar-refractivity contribution is 0.0696. The smallest absolute Gasteiger partial charge is 0.337 e. The topological polar surface area (TPSA) is 101 Å². The van der Waals surface area contributed by atoms with E-state index in [1.807, 2.05) is 0 Å². The number of pyridine rings is 1. The molecule has 0 atom stereocenters. The number of nitrogens with zero attached hydrogens (tertiary/aromatic N) is 1. The number of carboxylic acids is 1. The Hall–Kier alpha value is -2.15. The van der Waals surface area contributed by atoms with Crippen LogP contribution in [0.15, 0.2) is 18.5 Å². The zero-order valence-electron chi connectivity index (χ0n) is 11.4. The largest absolute Gasteiger partial charge is 0.478 e. The van der Waals surface area contributed by atoms with E-state index in [1.165, 1.54) is 18.5 Å². The van der Waals surface area contributed by atoms with Gasteiger partial charge >= 0.3 is 12.0 Å². The molecule has 0 aliphatic carbocycles. The Morgan fingerprint density at radius 3 is 2.80 bits per heavy atom. The van der Waals surface area contributed by atoms with Crippen LogP contribution in [0, 0.1) is 0 Å².